The van der Waals surface area contributed by atoms with E-state index in [1.807, 2.05) is 12.1 Å². The van der Waals surface area contributed by atoms with Crippen LogP contribution in [0.5, 0.6) is 5.75 Å². The van der Waals surface area contributed by atoms with Gasteiger partial charge in [-0.25, -0.2) is 4.79 Å². The van der Waals surface area contributed by atoms with Crippen molar-refractivity contribution >= 4 is 22.6 Å². The second-order valence-corrected chi connectivity index (χ2v) is 5.25. The lowest BCUT2D eigenvalue weighted by Gasteiger charge is -2.26. The number of nitrogens with zero attached hydrogens (tertiary/aromatic N) is 1. The minimum Gasteiger partial charge on any atom is -0.483 e. The quantitative estimate of drug-likeness (QED) is 0.930. The Hall–Kier alpha value is -2.60. The maximum atomic E-state index is 12.1. The fourth-order valence-electron chi connectivity index (χ4n) is 2.64. The molecule has 1 heterocycles. The summed E-state index contributed by atoms with van der Waals surface area (Å²) in [6, 6.07) is 10.6. The number of benzene rings is 2. The number of carbonyl (C=O) groups is 2. The summed E-state index contributed by atoms with van der Waals surface area (Å²) in [5, 5.41) is 10.9. The Bertz CT molecular complexity index is 737. The van der Waals surface area contributed by atoms with E-state index >= 15 is 0 Å². The van der Waals surface area contributed by atoms with Crippen LogP contribution in [0.15, 0.2) is 36.4 Å². The largest absolute Gasteiger partial charge is 0.483 e. The van der Waals surface area contributed by atoms with Gasteiger partial charge in [0.1, 0.15) is 11.3 Å². The van der Waals surface area contributed by atoms with Gasteiger partial charge in [-0.2, -0.15) is 0 Å². The average Bonchev–Trinajstić information content (AvgIpc) is 2.59. The minimum atomic E-state index is -1.07. The highest BCUT2D eigenvalue weighted by molar-refractivity contribution is 6.06. The van der Waals surface area contributed by atoms with Gasteiger partial charge in [0.2, 0.25) is 0 Å². The van der Waals surface area contributed by atoms with Crippen molar-refractivity contribution < 1.29 is 24.2 Å². The van der Waals surface area contributed by atoms with Gasteiger partial charge in [0.25, 0.3) is 5.91 Å². The SMILES string of the molecule is O=C(O)c1c(OCC(=O)N2CCOCC2)ccc2ccccc12. The lowest BCUT2D eigenvalue weighted by atomic mass is 10.0. The molecule has 0 spiro atoms. The Morgan fingerprint density at radius 3 is 2.61 bits per heavy atom. The number of rotatable bonds is 4. The highest BCUT2D eigenvalue weighted by Crippen LogP contribution is 2.28. The highest BCUT2D eigenvalue weighted by atomic mass is 16.5. The van der Waals surface area contributed by atoms with Crippen LogP contribution in [-0.4, -0.2) is 54.8 Å². The van der Waals surface area contributed by atoms with E-state index in [2.05, 4.69) is 0 Å². The molecule has 2 aromatic carbocycles. The van der Waals surface area contributed by atoms with Gasteiger partial charge in [-0.05, 0) is 16.8 Å². The van der Waals surface area contributed by atoms with Crippen molar-refractivity contribution in [2.75, 3.05) is 32.9 Å². The summed E-state index contributed by atoms with van der Waals surface area (Å²) in [5.74, 6) is -1.04. The van der Waals surface area contributed by atoms with E-state index in [-0.39, 0.29) is 23.8 Å². The number of hydrogen-bond donors (Lipinski definition) is 1. The maximum absolute atomic E-state index is 12.1. The first-order chi connectivity index (χ1) is 11.2. The third kappa shape index (κ3) is 3.27. The van der Waals surface area contributed by atoms with Gasteiger partial charge in [-0.3, -0.25) is 4.79 Å². The Morgan fingerprint density at radius 2 is 1.87 bits per heavy atom. The number of ether oxygens (including phenoxy) is 2. The van der Waals surface area contributed by atoms with E-state index < -0.39 is 5.97 Å². The fraction of sp³-hybridized carbons (Fsp3) is 0.294. The Labute approximate surface area is 133 Å². The van der Waals surface area contributed by atoms with Gasteiger partial charge in [-0.15, -0.1) is 0 Å². The summed E-state index contributed by atoms with van der Waals surface area (Å²) in [5.41, 5.74) is 0.0814. The predicted molar refractivity (Wildman–Crippen MR) is 83.8 cm³/mol. The molecule has 3 rings (SSSR count). The van der Waals surface area contributed by atoms with Gasteiger partial charge in [0, 0.05) is 13.1 Å². The number of carboxylic acid groups (broad SMARTS) is 1. The van der Waals surface area contributed by atoms with Crippen LogP contribution in [0.2, 0.25) is 0 Å². The van der Waals surface area contributed by atoms with Crippen molar-refractivity contribution in [3.63, 3.8) is 0 Å². The Morgan fingerprint density at radius 1 is 1.13 bits per heavy atom. The number of fused-ring (bicyclic) bond motifs is 1. The van der Waals surface area contributed by atoms with E-state index in [0.717, 1.165) is 5.39 Å². The first kappa shape index (κ1) is 15.3. The van der Waals surface area contributed by atoms with Crippen LogP contribution >= 0.6 is 0 Å². The molecule has 23 heavy (non-hydrogen) atoms. The summed E-state index contributed by atoms with van der Waals surface area (Å²) in [7, 11) is 0. The number of aromatic carboxylic acids is 1. The Balaban J connectivity index is 1.81. The summed E-state index contributed by atoms with van der Waals surface area (Å²) in [6.07, 6.45) is 0. The zero-order chi connectivity index (χ0) is 16.2. The summed E-state index contributed by atoms with van der Waals surface area (Å²) in [4.78, 5) is 25.4. The van der Waals surface area contributed by atoms with Crippen molar-refractivity contribution in [2.45, 2.75) is 0 Å². The molecule has 0 aliphatic carbocycles. The third-order valence-corrected chi connectivity index (χ3v) is 3.82. The molecule has 1 N–H and O–H groups in total. The molecule has 6 heteroatoms. The summed E-state index contributed by atoms with van der Waals surface area (Å²) >= 11 is 0. The molecule has 2 aromatic rings. The van der Waals surface area contributed by atoms with Crippen LogP contribution in [0, 0.1) is 0 Å². The van der Waals surface area contributed by atoms with Gasteiger partial charge in [0.15, 0.2) is 6.61 Å². The van der Waals surface area contributed by atoms with Crippen molar-refractivity contribution in [1.29, 1.82) is 0 Å². The molecule has 120 valence electrons. The van der Waals surface area contributed by atoms with Crippen molar-refractivity contribution in [2.24, 2.45) is 0 Å². The first-order valence-electron chi connectivity index (χ1n) is 7.40. The highest BCUT2D eigenvalue weighted by Gasteiger charge is 2.20. The number of amides is 1. The molecule has 1 aliphatic heterocycles. The van der Waals surface area contributed by atoms with E-state index in [1.165, 1.54) is 0 Å². The topological polar surface area (TPSA) is 76.1 Å². The molecule has 0 aromatic heterocycles. The van der Waals surface area contributed by atoms with Crippen LogP contribution in [0.25, 0.3) is 10.8 Å². The molecule has 1 saturated heterocycles. The lowest BCUT2D eigenvalue weighted by molar-refractivity contribution is -0.137. The lowest BCUT2D eigenvalue weighted by Crippen LogP contribution is -2.43. The molecule has 1 fully saturated rings. The maximum Gasteiger partial charge on any atom is 0.340 e. The van der Waals surface area contributed by atoms with E-state index in [4.69, 9.17) is 9.47 Å². The zero-order valence-electron chi connectivity index (χ0n) is 12.5. The summed E-state index contributed by atoms with van der Waals surface area (Å²) in [6.45, 7) is 1.92. The monoisotopic (exact) mass is 315 g/mol. The van der Waals surface area contributed by atoms with Crippen LogP contribution in [-0.2, 0) is 9.53 Å². The van der Waals surface area contributed by atoms with Gasteiger partial charge in [-0.1, -0.05) is 30.3 Å². The second kappa shape index (κ2) is 6.66. The van der Waals surface area contributed by atoms with Gasteiger partial charge >= 0.3 is 5.97 Å². The molecule has 0 bridgehead atoms. The predicted octanol–water partition coefficient (Wildman–Crippen LogP) is 1.78. The van der Waals surface area contributed by atoms with Gasteiger partial charge in [0.05, 0.1) is 13.2 Å². The van der Waals surface area contributed by atoms with Crippen LogP contribution < -0.4 is 4.74 Å². The smallest absolute Gasteiger partial charge is 0.340 e. The fourth-order valence-corrected chi connectivity index (χ4v) is 2.64. The van der Waals surface area contributed by atoms with Crippen LogP contribution in [0.1, 0.15) is 10.4 Å². The first-order valence-corrected chi connectivity index (χ1v) is 7.40. The summed E-state index contributed by atoms with van der Waals surface area (Å²) < 4.78 is 10.7. The van der Waals surface area contributed by atoms with Crippen molar-refractivity contribution in [3.8, 4) is 5.75 Å². The normalized spacial score (nSPS) is 14.7. The number of carbonyl (C=O) groups excluding carboxylic acids is 1. The number of hydrogen-bond acceptors (Lipinski definition) is 4. The molecule has 6 nitrogen and oxygen atoms in total. The number of morpholine rings is 1. The molecule has 1 aliphatic rings. The zero-order valence-corrected chi connectivity index (χ0v) is 12.5. The second-order valence-electron chi connectivity index (χ2n) is 5.25. The third-order valence-electron chi connectivity index (χ3n) is 3.82. The van der Waals surface area contributed by atoms with Crippen molar-refractivity contribution in [1.82, 2.24) is 4.90 Å². The average molecular weight is 315 g/mol. The Kier molecular flexibility index (Phi) is 4.43. The minimum absolute atomic E-state index is 0.0814. The van der Waals surface area contributed by atoms with E-state index in [9.17, 15) is 14.7 Å². The van der Waals surface area contributed by atoms with Crippen molar-refractivity contribution in [3.05, 3.63) is 42.0 Å². The standard InChI is InChI=1S/C17H17NO5/c19-15(18-7-9-22-10-8-18)11-23-14-6-5-12-3-1-2-4-13(12)16(14)17(20)21/h1-6H,7-11H2,(H,20,21). The van der Waals surface area contributed by atoms with Gasteiger partial charge < -0.3 is 19.5 Å². The molecule has 0 saturated carbocycles. The molecule has 1 amide bonds. The molecule has 0 radical (unpaired) electrons. The van der Waals surface area contributed by atoms with E-state index in [0.29, 0.717) is 31.7 Å². The number of carboxylic acids is 1. The van der Waals surface area contributed by atoms with E-state index in [1.54, 1.807) is 29.2 Å². The molecular formula is C17H17NO5. The van der Waals surface area contributed by atoms with Crippen LogP contribution in [0.3, 0.4) is 0 Å². The molecule has 0 unspecified atom stereocenters. The van der Waals surface area contributed by atoms with Crippen LogP contribution in [0.4, 0.5) is 0 Å². The molecular weight excluding hydrogens is 298 g/mol. The molecule has 0 atom stereocenters.